The molecule has 1 saturated heterocycles. The van der Waals surface area contributed by atoms with Crippen molar-refractivity contribution in [2.45, 2.75) is 38.5 Å². The van der Waals surface area contributed by atoms with Crippen molar-refractivity contribution in [2.75, 3.05) is 13.1 Å². The van der Waals surface area contributed by atoms with Crippen LogP contribution in [0.15, 0.2) is 36.7 Å². The van der Waals surface area contributed by atoms with Crippen LogP contribution in [0.3, 0.4) is 0 Å². The third-order valence-electron chi connectivity index (χ3n) is 5.72. The molecule has 2 aliphatic rings. The third kappa shape index (κ3) is 2.94. The van der Waals surface area contributed by atoms with E-state index >= 15 is 0 Å². The predicted octanol–water partition coefficient (Wildman–Crippen LogP) is 2.34. The first-order valence-electron chi connectivity index (χ1n) is 8.78. The molecule has 0 unspecified atom stereocenters. The van der Waals surface area contributed by atoms with Crippen molar-refractivity contribution in [2.24, 2.45) is 11.8 Å². The second kappa shape index (κ2) is 6.22. The lowest BCUT2D eigenvalue weighted by Gasteiger charge is -2.36. The van der Waals surface area contributed by atoms with E-state index in [1.807, 2.05) is 31.5 Å². The predicted molar refractivity (Wildman–Crippen MR) is 91.6 cm³/mol. The summed E-state index contributed by atoms with van der Waals surface area (Å²) >= 11 is 0. The van der Waals surface area contributed by atoms with E-state index < -0.39 is 0 Å². The second-order valence-electron chi connectivity index (χ2n) is 7.37. The number of hydrogen-bond acceptors (Lipinski definition) is 4. The zero-order valence-corrected chi connectivity index (χ0v) is 14.0. The minimum absolute atomic E-state index is 0.148. The average molecular weight is 327 g/mol. The smallest absolute Gasteiger partial charge is 0.115 e. The van der Waals surface area contributed by atoms with E-state index in [0.717, 1.165) is 43.9 Å². The van der Waals surface area contributed by atoms with Crippen LogP contribution in [0.25, 0.3) is 0 Å². The number of aliphatic hydroxyl groups excluding tert-OH is 1. The molecule has 1 aliphatic carbocycles. The van der Waals surface area contributed by atoms with Crippen LogP contribution in [0, 0.1) is 18.8 Å². The first kappa shape index (κ1) is 15.7. The highest BCUT2D eigenvalue weighted by molar-refractivity contribution is 5.27. The van der Waals surface area contributed by atoms with Gasteiger partial charge in [-0.1, -0.05) is 12.1 Å². The van der Waals surface area contributed by atoms with Crippen LogP contribution < -0.4 is 0 Å². The number of aliphatic hydroxyl groups is 1. The van der Waals surface area contributed by atoms with Gasteiger partial charge < -0.3 is 14.8 Å². The fourth-order valence-corrected chi connectivity index (χ4v) is 4.58. The van der Waals surface area contributed by atoms with Crippen molar-refractivity contribution in [1.29, 1.82) is 0 Å². The number of phenolic OH excluding ortho intramolecular Hbond substituents is 1. The molecule has 0 bridgehead atoms. The molecule has 24 heavy (non-hydrogen) atoms. The summed E-state index contributed by atoms with van der Waals surface area (Å²) in [6.45, 7) is 4.97. The van der Waals surface area contributed by atoms with Crippen LogP contribution in [0.4, 0.5) is 0 Å². The van der Waals surface area contributed by atoms with E-state index in [9.17, 15) is 10.2 Å². The molecule has 2 fully saturated rings. The number of rotatable bonds is 3. The molecule has 128 valence electrons. The van der Waals surface area contributed by atoms with Crippen molar-refractivity contribution >= 4 is 0 Å². The molecule has 1 aromatic heterocycles. The second-order valence-corrected chi connectivity index (χ2v) is 7.37. The summed E-state index contributed by atoms with van der Waals surface area (Å²) in [5.41, 5.74) is 1.15. The molecule has 2 aromatic rings. The highest BCUT2D eigenvalue weighted by Gasteiger charge is 2.42. The first-order valence-corrected chi connectivity index (χ1v) is 8.78. The maximum absolute atomic E-state index is 10.6. The Bertz CT molecular complexity index is 714. The van der Waals surface area contributed by atoms with Crippen molar-refractivity contribution in [3.05, 3.63) is 48.0 Å². The van der Waals surface area contributed by atoms with Crippen molar-refractivity contribution in [1.82, 2.24) is 14.5 Å². The van der Waals surface area contributed by atoms with Gasteiger partial charge in [0.15, 0.2) is 0 Å². The molecule has 0 radical (unpaired) electrons. The maximum Gasteiger partial charge on any atom is 0.115 e. The number of nitrogens with zero attached hydrogens (tertiary/aromatic N) is 3. The Morgan fingerprint density at radius 3 is 2.71 bits per heavy atom. The minimum Gasteiger partial charge on any atom is -0.508 e. The zero-order valence-electron chi connectivity index (χ0n) is 14.0. The molecule has 1 aromatic carbocycles. The third-order valence-corrected chi connectivity index (χ3v) is 5.72. The number of hydrogen-bond donors (Lipinski definition) is 2. The molecule has 1 saturated carbocycles. The monoisotopic (exact) mass is 327 g/mol. The Morgan fingerprint density at radius 2 is 2.00 bits per heavy atom. The topological polar surface area (TPSA) is 61.5 Å². The summed E-state index contributed by atoms with van der Waals surface area (Å²) in [7, 11) is 0. The van der Waals surface area contributed by atoms with Gasteiger partial charge in [-0.05, 0) is 49.3 Å². The number of aromatic nitrogens is 2. The molecular weight excluding hydrogens is 302 g/mol. The van der Waals surface area contributed by atoms with Gasteiger partial charge in [0, 0.05) is 32.0 Å². The van der Waals surface area contributed by atoms with E-state index in [-0.39, 0.29) is 12.1 Å². The number of likely N-dealkylation sites (tertiary alicyclic amines) is 1. The molecule has 0 spiro atoms. The number of imidazole rings is 1. The zero-order chi connectivity index (χ0) is 16.7. The van der Waals surface area contributed by atoms with E-state index in [1.165, 1.54) is 0 Å². The van der Waals surface area contributed by atoms with Crippen LogP contribution in [-0.4, -0.2) is 43.9 Å². The van der Waals surface area contributed by atoms with Crippen molar-refractivity contribution < 1.29 is 10.2 Å². The van der Waals surface area contributed by atoms with Crippen molar-refractivity contribution in [3.8, 4) is 5.75 Å². The highest BCUT2D eigenvalue weighted by atomic mass is 16.3. The Balaban J connectivity index is 1.44. The number of fused-ring (bicyclic) bond motifs is 1. The standard InChI is InChI=1S/C19H25N3O2/c1-13-20-5-6-22(13)18-8-15-11-21(12-16(15)9-19(18)24)10-14-3-2-4-17(23)7-14/h2-7,15-16,18-19,23-24H,8-12H2,1H3/t15-,16+,18-,19-/m0/s1. The van der Waals surface area contributed by atoms with Crippen LogP contribution in [0.1, 0.15) is 30.3 Å². The van der Waals surface area contributed by atoms with Gasteiger partial charge in [0.1, 0.15) is 11.6 Å². The maximum atomic E-state index is 10.6. The van der Waals surface area contributed by atoms with Gasteiger partial charge >= 0.3 is 0 Å². The highest BCUT2D eigenvalue weighted by Crippen LogP contribution is 2.42. The van der Waals surface area contributed by atoms with Gasteiger partial charge in [-0.25, -0.2) is 4.98 Å². The summed E-state index contributed by atoms with van der Waals surface area (Å²) in [5, 5.41) is 20.3. The van der Waals surface area contributed by atoms with Gasteiger partial charge in [-0.2, -0.15) is 0 Å². The molecule has 4 rings (SSSR count). The fourth-order valence-electron chi connectivity index (χ4n) is 4.58. The van der Waals surface area contributed by atoms with Gasteiger partial charge in [0.2, 0.25) is 0 Å². The lowest BCUT2D eigenvalue weighted by Crippen LogP contribution is -2.36. The Labute approximate surface area is 142 Å². The van der Waals surface area contributed by atoms with E-state index in [4.69, 9.17) is 0 Å². The molecule has 1 aliphatic heterocycles. The molecule has 4 atom stereocenters. The molecule has 5 nitrogen and oxygen atoms in total. The average Bonchev–Trinajstić information content (AvgIpc) is 3.11. The molecule has 5 heteroatoms. The number of benzene rings is 1. The van der Waals surface area contributed by atoms with Gasteiger partial charge in [-0.3, -0.25) is 4.90 Å². The Morgan fingerprint density at radius 1 is 1.21 bits per heavy atom. The van der Waals surface area contributed by atoms with Gasteiger partial charge in [0.05, 0.1) is 12.1 Å². The first-order chi connectivity index (χ1) is 11.6. The van der Waals surface area contributed by atoms with Crippen LogP contribution in [0.2, 0.25) is 0 Å². The van der Waals surface area contributed by atoms with E-state index in [1.54, 1.807) is 6.07 Å². The minimum atomic E-state index is -0.292. The quantitative estimate of drug-likeness (QED) is 0.908. The number of aryl methyl sites for hydroxylation is 1. The largest absolute Gasteiger partial charge is 0.508 e. The van der Waals surface area contributed by atoms with Crippen LogP contribution in [-0.2, 0) is 6.54 Å². The normalized spacial score (nSPS) is 30.4. The molecule has 2 heterocycles. The fraction of sp³-hybridized carbons (Fsp3) is 0.526. The summed E-state index contributed by atoms with van der Waals surface area (Å²) < 4.78 is 2.14. The molecule has 2 N–H and O–H groups in total. The Kier molecular flexibility index (Phi) is 4.06. The SMILES string of the molecule is Cc1nccn1[C@H]1C[C@H]2CN(Cc3cccc(O)c3)C[C@H]2C[C@@H]1O. The molecular formula is C19H25N3O2. The summed E-state index contributed by atoms with van der Waals surface area (Å²) in [4.78, 5) is 6.77. The van der Waals surface area contributed by atoms with Gasteiger partial charge in [-0.15, -0.1) is 0 Å². The summed E-state index contributed by atoms with van der Waals surface area (Å²) in [6, 6.07) is 7.66. The van der Waals surface area contributed by atoms with E-state index in [2.05, 4.69) is 20.5 Å². The number of phenols is 1. The molecule has 0 amide bonds. The van der Waals surface area contributed by atoms with Crippen LogP contribution in [0.5, 0.6) is 5.75 Å². The lowest BCUT2D eigenvalue weighted by molar-refractivity contribution is 0.0349. The Hall–Kier alpha value is -1.85. The summed E-state index contributed by atoms with van der Waals surface area (Å²) in [6.07, 6.45) is 5.39. The summed E-state index contributed by atoms with van der Waals surface area (Å²) in [5.74, 6) is 2.50. The van der Waals surface area contributed by atoms with Crippen molar-refractivity contribution in [3.63, 3.8) is 0 Å². The van der Waals surface area contributed by atoms with Crippen LogP contribution >= 0.6 is 0 Å². The number of aromatic hydroxyl groups is 1. The lowest BCUT2D eigenvalue weighted by atomic mass is 9.77. The van der Waals surface area contributed by atoms with Gasteiger partial charge in [0.25, 0.3) is 0 Å². The van der Waals surface area contributed by atoms with E-state index in [0.29, 0.717) is 17.6 Å².